The maximum Gasteiger partial charge on any atom is 0.422 e. The highest BCUT2D eigenvalue weighted by atomic mass is 35.5. The summed E-state index contributed by atoms with van der Waals surface area (Å²) in [6, 6.07) is 6.33. The zero-order valence-electron chi connectivity index (χ0n) is 7.32. The number of para-hydroxylation sites is 1. The van der Waals surface area contributed by atoms with Gasteiger partial charge in [-0.2, -0.15) is 0 Å². The fourth-order valence-electron chi connectivity index (χ4n) is 0.752. The molecule has 1 rings (SSSR count). The molecule has 0 aliphatic heterocycles. The minimum atomic E-state index is -1.10. The predicted octanol–water partition coefficient (Wildman–Crippen LogP) is 1.42. The van der Waals surface area contributed by atoms with Gasteiger partial charge in [0.15, 0.2) is 0 Å². The Morgan fingerprint density at radius 1 is 1.21 bits per heavy atom. The van der Waals surface area contributed by atoms with E-state index in [1.165, 1.54) is 6.07 Å². The fraction of sp³-hybridized carbons (Fsp3) is 0.111. The van der Waals surface area contributed by atoms with Crippen molar-refractivity contribution < 1.29 is 19.1 Å². The quantitative estimate of drug-likeness (QED) is 0.403. The first-order chi connectivity index (χ1) is 6.65. The minimum absolute atomic E-state index is 0.129. The van der Waals surface area contributed by atoms with E-state index >= 15 is 0 Å². The van der Waals surface area contributed by atoms with Crippen LogP contribution >= 0.6 is 11.6 Å². The molecule has 0 aliphatic rings. The summed E-state index contributed by atoms with van der Waals surface area (Å²) in [5.74, 6) is -2.03. The fourth-order valence-corrected chi connectivity index (χ4v) is 0.927. The number of methoxy groups -OCH3 is 1. The van der Waals surface area contributed by atoms with Crippen molar-refractivity contribution >= 4 is 23.5 Å². The van der Waals surface area contributed by atoms with Crippen molar-refractivity contribution in [3.8, 4) is 5.75 Å². The van der Waals surface area contributed by atoms with Crippen LogP contribution in [0.25, 0.3) is 0 Å². The third-order valence-electron chi connectivity index (χ3n) is 1.39. The van der Waals surface area contributed by atoms with Gasteiger partial charge in [0.2, 0.25) is 0 Å². The van der Waals surface area contributed by atoms with Crippen LogP contribution in [-0.2, 0) is 14.3 Å². The first kappa shape index (κ1) is 10.5. The van der Waals surface area contributed by atoms with Gasteiger partial charge in [-0.15, -0.1) is 0 Å². The van der Waals surface area contributed by atoms with Crippen molar-refractivity contribution in [1.29, 1.82) is 0 Å². The van der Waals surface area contributed by atoms with E-state index in [1.54, 1.807) is 18.2 Å². The molecule has 0 saturated carbocycles. The average molecular weight is 215 g/mol. The van der Waals surface area contributed by atoms with E-state index in [1.807, 2.05) is 0 Å². The zero-order valence-corrected chi connectivity index (χ0v) is 8.08. The molecule has 1 aromatic carbocycles. The summed E-state index contributed by atoms with van der Waals surface area (Å²) >= 11 is 5.69. The highest BCUT2D eigenvalue weighted by Crippen LogP contribution is 2.23. The number of ether oxygens (including phenoxy) is 2. The van der Waals surface area contributed by atoms with Crippen LogP contribution in [0.15, 0.2) is 24.3 Å². The topological polar surface area (TPSA) is 52.6 Å². The lowest BCUT2D eigenvalue weighted by Gasteiger charge is -2.03. The van der Waals surface area contributed by atoms with Gasteiger partial charge in [0.05, 0.1) is 12.1 Å². The van der Waals surface area contributed by atoms with E-state index in [4.69, 9.17) is 11.6 Å². The molecule has 0 saturated heterocycles. The highest BCUT2D eigenvalue weighted by molar-refractivity contribution is 6.33. The van der Waals surface area contributed by atoms with Crippen molar-refractivity contribution in [3.05, 3.63) is 29.3 Å². The predicted molar refractivity (Wildman–Crippen MR) is 49.1 cm³/mol. The second-order valence-corrected chi connectivity index (χ2v) is 2.72. The van der Waals surface area contributed by atoms with Crippen LogP contribution in [0.2, 0.25) is 5.02 Å². The van der Waals surface area contributed by atoms with Crippen LogP contribution < -0.4 is 4.74 Å². The van der Waals surface area contributed by atoms with E-state index < -0.39 is 11.9 Å². The van der Waals surface area contributed by atoms with Gasteiger partial charge >= 0.3 is 11.9 Å². The molecule has 0 bridgehead atoms. The zero-order chi connectivity index (χ0) is 10.6. The number of halogens is 1. The molecule has 0 heterocycles. The number of benzene rings is 1. The third kappa shape index (κ3) is 2.47. The molecule has 0 aliphatic carbocycles. The molecule has 4 nitrogen and oxygen atoms in total. The number of hydrogen-bond acceptors (Lipinski definition) is 4. The Balaban J connectivity index is 2.75. The molecule has 0 N–H and O–H groups in total. The first-order valence-corrected chi connectivity index (χ1v) is 4.07. The van der Waals surface area contributed by atoms with Crippen LogP contribution in [0.4, 0.5) is 0 Å². The lowest BCUT2D eigenvalue weighted by atomic mass is 10.3. The molecule has 0 unspecified atom stereocenters. The summed E-state index contributed by atoms with van der Waals surface area (Å²) in [7, 11) is 1.09. The van der Waals surface area contributed by atoms with E-state index in [0.717, 1.165) is 7.11 Å². The lowest BCUT2D eigenvalue weighted by molar-refractivity contribution is -0.160. The molecule has 0 radical (unpaired) electrons. The smallest absolute Gasteiger partial charge is 0.422 e. The largest absolute Gasteiger partial charge is 0.461 e. The normalized spacial score (nSPS) is 9.29. The lowest BCUT2D eigenvalue weighted by Crippen LogP contribution is -2.21. The Hall–Kier alpha value is -1.55. The van der Waals surface area contributed by atoms with Crippen molar-refractivity contribution in [2.75, 3.05) is 7.11 Å². The van der Waals surface area contributed by atoms with Gasteiger partial charge in [0.1, 0.15) is 5.75 Å². The van der Waals surface area contributed by atoms with E-state index in [-0.39, 0.29) is 10.8 Å². The second-order valence-electron chi connectivity index (χ2n) is 2.31. The molecule has 74 valence electrons. The molecule has 0 atom stereocenters. The van der Waals surface area contributed by atoms with Crippen LogP contribution in [0.3, 0.4) is 0 Å². The van der Waals surface area contributed by atoms with Crippen LogP contribution in [-0.4, -0.2) is 19.0 Å². The Morgan fingerprint density at radius 2 is 1.86 bits per heavy atom. The molecule has 0 amide bonds. The minimum Gasteiger partial charge on any atom is -0.461 e. The van der Waals surface area contributed by atoms with Crippen molar-refractivity contribution in [2.24, 2.45) is 0 Å². The summed E-state index contributed by atoms with van der Waals surface area (Å²) in [5.41, 5.74) is 0. The van der Waals surface area contributed by atoms with Crippen molar-refractivity contribution in [2.45, 2.75) is 0 Å². The van der Waals surface area contributed by atoms with Gasteiger partial charge in [-0.3, -0.25) is 0 Å². The average Bonchev–Trinajstić information content (AvgIpc) is 2.20. The molecular weight excluding hydrogens is 208 g/mol. The Bertz CT molecular complexity index is 362. The Morgan fingerprint density at radius 3 is 2.43 bits per heavy atom. The van der Waals surface area contributed by atoms with Crippen molar-refractivity contribution in [3.63, 3.8) is 0 Å². The van der Waals surface area contributed by atoms with Gasteiger partial charge in [0, 0.05) is 0 Å². The maximum atomic E-state index is 10.9. The molecule has 0 aromatic heterocycles. The van der Waals surface area contributed by atoms with E-state index in [9.17, 15) is 9.59 Å². The van der Waals surface area contributed by atoms with Gasteiger partial charge in [-0.1, -0.05) is 23.7 Å². The van der Waals surface area contributed by atoms with Gasteiger partial charge in [-0.05, 0) is 12.1 Å². The molecule has 14 heavy (non-hydrogen) atoms. The van der Waals surface area contributed by atoms with E-state index in [2.05, 4.69) is 9.47 Å². The number of esters is 2. The maximum absolute atomic E-state index is 10.9. The number of carbonyl (C=O) groups is 2. The van der Waals surface area contributed by atoms with Crippen LogP contribution in [0.5, 0.6) is 5.75 Å². The van der Waals surface area contributed by atoms with Gasteiger partial charge in [-0.25, -0.2) is 9.59 Å². The molecule has 0 fully saturated rings. The monoisotopic (exact) mass is 214 g/mol. The summed E-state index contributed by atoms with van der Waals surface area (Å²) in [6.45, 7) is 0. The Kier molecular flexibility index (Phi) is 3.48. The standard InChI is InChI=1S/C9H7ClO4/c1-13-8(11)9(12)14-7-5-3-2-4-6(7)10/h2-5H,1H3. The summed E-state index contributed by atoms with van der Waals surface area (Å²) in [5, 5.41) is 0.254. The number of rotatable bonds is 1. The number of carbonyl (C=O) groups excluding carboxylic acids is 2. The molecule has 0 spiro atoms. The number of hydrogen-bond donors (Lipinski definition) is 0. The molecule has 1 aromatic rings. The van der Waals surface area contributed by atoms with Crippen molar-refractivity contribution in [1.82, 2.24) is 0 Å². The summed E-state index contributed by atoms with van der Waals surface area (Å²) in [6.07, 6.45) is 0. The van der Waals surface area contributed by atoms with E-state index in [0.29, 0.717) is 0 Å². The summed E-state index contributed by atoms with van der Waals surface area (Å²) < 4.78 is 8.82. The molecular formula is C9H7ClO4. The van der Waals surface area contributed by atoms with Crippen LogP contribution in [0, 0.1) is 0 Å². The highest BCUT2D eigenvalue weighted by Gasteiger charge is 2.17. The van der Waals surface area contributed by atoms with Gasteiger partial charge in [0.25, 0.3) is 0 Å². The summed E-state index contributed by atoms with van der Waals surface area (Å²) in [4.78, 5) is 21.6. The van der Waals surface area contributed by atoms with Crippen LogP contribution in [0.1, 0.15) is 0 Å². The SMILES string of the molecule is COC(=O)C(=O)Oc1ccccc1Cl. The molecule has 5 heteroatoms. The third-order valence-corrected chi connectivity index (χ3v) is 1.70. The Labute approximate surface area is 85.4 Å². The second kappa shape index (κ2) is 4.62. The van der Waals surface area contributed by atoms with Gasteiger partial charge < -0.3 is 9.47 Å². The first-order valence-electron chi connectivity index (χ1n) is 3.70.